The van der Waals surface area contributed by atoms with Crippen LogP contribution in [-0.4, -0.2) is 0 Å². The van der Waals surface area contributed by atoms with Gasteiger partial charge < -0.3 is 9.80 Å². The predicted molar refractivity (Wildman–Crippen MR) is 129 cm³/mol. The average Bonchev–Trinajstić information content (AvgIpc) is 3.39. The summed E-state index contributed by atoms with van der Waals surface area (Å²) in [6.07, 6.45) is 0. The van der Waals surface area contributed by atoms with Gasteiger partial charge in [0.1, 0.15) is 10.1 Å². The van der Waals surface area contributed by atoms with Crippen LogP contribution in [0.5, 0.6) is 0 Å². The molecular weight excluding hydrogens is 404 g/mol. The predicted octanol–water partition coefficient (Wildman–Crippen LogP) is 8.00. The van der Waals surface area contributed by atoms with Gasteiger partial charge in [-0.25, -0.2) is 0 Å². The van der Waals surface area contributed by atoms with Crippen LogP contribution in [0.4, 0.5) is 22.7 Å². The zero-order chi connectivity index (χ0) is 19.9. The maximum absolute atomic E-state index is 2.39. The maximum Gasteiger partial charge on any atom is 0.116 e. The molecule has 0 saturated carbocycles. The van der Waals surface area contributed by atoms with E-state index in [4.69, 9.17) is 0 Å². The van der Waals surface area contributed by atoms with E-state index in [9.17, 15) is 0 Å². The molecule has 6 rings (SSSR count). The molecule has 0 saturated heterocycles. The number of rotatable bonds is 2. The summed E-state index contributed by atoms with van der Waals surface area (Å²) in [7, 11) is 0. The third-order valence-corrected chi connectivity index (χ3v) is 7.64. The van der Waals surface area contributed by atoms with Crippen molar-refractivity contribution in [2.45, 2.75) is 9.79 Å². The average molecular weight is 423 g/mol. The van der Waals surface area contributed by atoms with Crippen molar-refractivity contribution >= 4 is 46.3 Å². The topological polar surface area (TPSA) is 6.48 Å². The fraction of sp³-hybridized carbons (Fsp3) is 0. The Morgan fingerprint density at radius 1 is 0.400 bits per heavy atom. The zero-order valence-electron chi connectivity index (χ0n) is 16.1. The molecule has 4 aromatic carbocycles. The smallest absolute Gasteiger partial charge is 0.116 e. The standard InChI is InChI=1S/C26H18N2S2/c1-3-11-19(12-4-1)27-21-15-7-9-17-23(21)29-25(27)26-28(20-13-5-2-6-14-20)22-16-8-10-18-24(22)30-26/h1-18H/b26-25+. The highest BCUT2D eigenvalue weighted by atomic mass is 32.2. The second-order valence-electron chi connectivity index (χ2n) is 7.09. The Kier molecular flexibility index (Phi) is 4.33. The van der Waals surface area contributed by atoms with Crippen LogP contribution in [0.15, 0.2) is 129 Å². The number of nitrogens with zero attached hydrogens (tertiary/aromatic N) is 2. The summed E-state index contributed by atoms with van der Waals surface area (Å²) in [5.41, 5.74) is 4.84. The van der Waals surface area contributed by atoms with Gasteiger partial charge in [0.15, 0.2) is 0 Å². The van der Waals surface area contributed by atoms with Gasteiger partial charge >= 0.3 is 0 Å². The molecular formula is C26H18N2S2. The van der Waals surface area contributed by atoms with E-state index in [2.05, 4.69) is 119 Å². The minimum Gasteiger partial charge on any atom is -0.301 e. The first kappa shape index (κ1) is 17.8. The van der Waals surface area contributed by atoms with Crippen LogP contribution in [0.25, 0.3) is 0 Å². The molecule has 0 atom stereocenters. The zero-order valence-corrected chi connectivity index (χ0v) is 17.7. The summed E-state index contributed by atoms with van der Waals surface area (Å²) in [6, 6.07) is 38.6. The molecule has 0 aromatic heterocycles. The minimum atomic E-state index is 1.18. The second kappa shape index (κ2) is 7.31. The normalized spacial score (nSPS) is 17.2. The molecule has 4 heteroatoms. The highest BCUT2D eigenvalue weighted by Gasteiger charge is 2.36. The summed E-state index contributed by atoms with van der Waals surface area (Å²) in [4.78, 5) is 7.36. The van der Waals surface area contributed by atoms with Gasteiger partial charge in [0.2, 0.25) is 0 Å². The molecule has 144 valence electrons. The van der Waals surface area contributed by atoms with Crippen molar-refractivity contribution in [3.8, 4) is 0 Å². The molecule has 0 radical (unpaired) electrons. The molecule has 2 aliphatic rings. The van der Waals surface area contributed by atoms with E-state index >= 15 is 0 Å². The first-order chi connectivity index (χ1) is 14.9. The Balaban J connectivity index is 1.59. The largest absolute Gasteiger partial charge is 0.301 e. The number of fused-ring (bicyclic) bond motifs is 2. The highest BCUT2D eigenvalue weighted by Crippen LogP contribution is 2.58. The first-order valence-corrected chi connectivity index (χ1v) is 11.5. The Hall–Kier alpha value is -3.08. The molecule has 0 N–H and O–H groups in total. The van der Waals surface area contributed by atoms with Crippen LogP contribution < -0.4 is 9.80 Å². The molecule has 0 unspecified atom stereocenters. The lowest BCUT2D eigenvalue weighted by molar-refractivity contribution is 1.19. The van der Waals surface area contributed by atoms with Gasteiger partial charge in [0, 0.05) is 21.2 Å². The van der Waals surface area contributed by atoms with Crippen LogP contribution in [0, 0.1) is 0 Å². The lowest BCUT2D eigenvalue weighted by atomic mass is 10.2. The Bertz CT molecular complexity index is 1150. The third kappa shape index (κ3) is 2.83. The molecule has 4 aromatic rings. The van der Waals surface area contributed by atoms with Gasteiger partial charge in [-0.1, -0.05) is 84.2 Å². The van der Waals surface area contributed by atoms with Gasteiger partial charge in [0.05, 0.1) is 11.4 Å². The van der Waals surface area contributed by atoms with Crippen molar-refractivity contribution in [3.05, 3.63) is 119 Å². The van der Waals surface area contributed by atoms with Crippen LogP contribution in [0.2, 0.25) is 0 Å². The second-order valence-corrected chi connectivity index (χ2v) is 9.15. The van der Waals surface area contributed by atoms with E-state index in [1.165, 1.54) is 42.6 Å². The Labute approximate surface area is 184 Å². The molecule has 0 amide bonds. The molecule has 0 bridgehead atoms. The van der Waals surface area contributed by atoms with Crippen molar-refractivity contribution in [2.75, 3.05) is 9.80 Å². The summed E-state index contributed by atoms with van der Waals surface area (Å²) < 4.78 is 0. The number of hydrogen-bond donors (Lipinski definition) is 0. The summed E-state index contributed by atoms with van der Waals surface area (Å²) in [5, 5.41) is 2.49. The van der Waals surface area contributed by atoms with Crippen LogP contribution in [0.1, 0.15) is 0 Å². The van der Waals surface area contributed by atoms with E-state index in [0.29, 0.717) is 0 Å². The molecule has 0 fully saturated rings. The number of hydrogen-bond acceptors (Lipinski definition) is 4. The minimum absolute atomic E-state index is 1.18. The summed E-state index contributed by atoms with van der Waals surface area (Å²) in [5.74, 6) is 0. The molecule has 0 aliphatic carbocycles. The van der Waals surface area contributed by atoms with Crippen molar-refractivity contribution in [1.82, 2.24) is 0 Å². The number of thioether (sulfide) groups is 2. The van der Waals surface area contributed by atoms with Gasteiger partial charge in [-0.2, -0.15) is 0 Å². The monoisotopic (exact) mass is 422 g/mol. The first-order valence-electron chi connectivity index (χ1n) is 9.88. The quantitative estimate of drug-likeness (QED) is 0.323. The van der Waals surface area contributed by atoms with Crippen LogP contribution in [-0.2, 0) is 0 Å². The third-order valence-electron chi connectivity index (χ3n) is 5.24. The summed E-state index contributed by atoms with van der Waals surface area (Å²) in [6.45, 7) is 0. The SMILES string of the molecule is c1ccc(N2/C(=C3\Sc4ccccc4N3c3ccccc3)Sc3ccccc32)cc1. The van der Waals surface area contributed by atoms with Gasteiger partial charge in [0.25, 0.3) is 0 Å². The fourth-order valence-electron chi connectivity index (χ4n) is 3.92. The molecule has 30 heavy (non-hydrogen) atoms. The van der Waals surface area contributed by atoms with Crippen molar-refractivity contribution in [2.24, 2.45) is 0 Å². The van der Waals surface area contributed by atoms with Gasteiger partial charge in [-0.05, 0) is 48.5 Å². The highest BCUT2D eigenvalue weighted by molar-refractivity contribution is 8.07. The van der Waals surface area contributed by atoms with Crippen molar-refractivity contribution in [1.29, 1.82) is 0 Å². The van der Waals surface area contributed by atoms with E-state index < -0.39 is 0 Å². The van der Waals surface area contributed by atoms with Gasteiger partial charge in [-0.15, -0.1) is 0 Å². The van der Waals surface area contributed by atoms with Crippen LogP contribution in [0.3, 0.4) is 0 Å². The lowest BCUT2D eigenvalue weighted by Gasteiger charge is -2.26. The van der Waals surface area contributed by atoms with E-state index in [1.807, 2.05) is 23.5 Å². The van der Waals surface area contributed by atoms with Crippen molar-refractivity contribution < 1.29 is 0 Å². The van der Waals surface area contributed by atoms with Crippen LogP contribution >= 0.6 is 23.5 Å². The summed E-state index contributed by atoms with van der Waals surface area (Å²) >= 11 is 3.70. The molecule has 2 nitrogen and oxygen atoms in total. The maximum atomic E-state index is 2.39. The molecule has 0 spiro atoms. The number of para-hydroxylation sites is 4. The number of benzene rings is 4. The van der Waals surface area contributed by atoms with Gasteiger partial charge in [-0.3, -0.25) is 0 Å². The van der Waals surface area contributed by atoms with E-state index in [0.717, 1.165) is 0 Å². The number of anilines is 4. The fourth-order valence-corrected chi connectivity index (χ4v) is 6.36. The molecule has 2 heterocycles. The van der Waals surface area contributed by atoms with E-state index in [1.54, 1.807) is 0 Å². The Morgan fingerprint density at radius 3 is 1.20 bits per heavy atom. The van der Waals surface area contributed by atoms with Crippen molar-refractivity contribution in [3.63, 3.8) is 0 Å². The van der Waals surface area contributed by atoms with E-state index in [-0.39, 0.29) is 0 Å². The molecule has 2 aliphatic heterocycles. The lowest BCUT2D eigenvalue weighted by Crippen LogP contribution is -2.18. The Morgan fingerprint density at radius 2 is 0.767 bits per heavy atom.